The Morgan fingerprint density at radius 1 is 1.43 bits per heavy atom. The van der Waals surface area contributed by atoms with Crippen LogP contribution in [-0.2, 0) is 10.0 Å². The normalized spacial score (nSPS) is 13.6. The molecule has 0 saturated carbocycles. The molecule has 2 N–H and O–H groups in total. The molecule has 0 fully saturated rings. The van der Waals surface area contributed by atoms with Crippen LogP contribution in [0.25, 0.3) is 0 Å². The van der Waals surface area contributed by atoms with Gasteiger partial charge in [0.1, 0.15) is 5.82 Å². The molecular weight excluding hydrogens is 379 g/mol. The van der Waals surface area contributed by atoms with Gasteiger partial charge in [0.2, 0.25) is 10.0 Å². The summed E-state index contributed by atoms with van der Waals surface area (Å²) >= 11 is 4.56. The minimum atomic E-state index is -3.79. The van der Waals surface area contributed by atoms with E-state index in [1.54, 1.807) is 6.92 Å². The fourth-order valence-electron chi connectivity index (χ4n) is 1.81. The van der Waals surface area contributed by atoms with Crippen molar-refractivity contribution >= 4 is 43.0 Å². The number of benzene rings is 1. The number of sulfonamides is 1. The summed E-state index contributed by atoms with van der Waals surface area (Å²) in [5.41, 5.74) is 5.28. The van der Waals surface area contributed by atoms with E-state index in [9.17, 15) is 12.8 Å². The number of thiophene rings is 1. The molecule has 114 valence electrons. The molecule has 0 aliphatic carbocycles. The number of hydrogen-bond acceptors (Lipinski definition) is 4. The van der Waals surface area contributed by atoms with Crippen molar-refractivity contribution in [2.75, 3.05) is 12.8 Å². The highest BCUT2D eigenvalue weighted by Crippen LogP contribution is 2.33. The molecule has 1 unspecified atom stereocenters. The maximum Gasteiger partial charge on any atom is 0.244 e. The minimum Gasteiger partial charge on any atom is -0.396 e. The molecule has 21 heavy (non-hydrogen) atoms. The van der Waals surface area contributed by atoms with E-state index in [2.05, 4.69) is 15.9 Å². The Bertz CT molecular complexity index is 748. The van der Waals surface area contributed by atoms with Crippen molar-refractivity contribution in [3.05, 3.63) is 44.8 Å². The van der Waals surface area contributed by atoms with Gasteiger partial charge in [0, 0.05) is 16.4 Å². The van der Waals surface area contributed by atoms with Crippen LogP contribution >= 0.6 is 27.3 Å². The summed E-state index contributed by atoms with van der Waals surface area (Å²) in [7, 11) is -2.30. The second-order valence-electron chi connectivity index (χ2n) is 4.52. The monoisotopic (exact) mass is 392 g/mol. The Morgan fingerprint density at radius 3 is 2.67 bits per heavy atom. The molecule has 1 aromatic heterocycles. The molecule has 0 bridgehead atoms. The molecule has 0 saturated heterocycles. The molecule has 1 atom stereocenters. The third-order valence-electron chi connectivity index (χ3n) is 3.21. The first-order valence-corrected chi connectivity index (χ1v) is 9.12. The number of halogens is 2. The lowest BCUT2D eigenvalue weighted by atomic mass is 10.3. The van der Waals surface area contributed by atoms with Gasteiger partial charge in [-0.25, -0.2) is 12.8 Å². The summed E-state index contributed by atoms with van der Waals surface area (Å²) < 4.78 is 40.1. The first-order valence-electron chi connectivity index (χ1n) is 6.01. The lowest BCUT2D eigenvalue weighted by molar-refractivity contribution is 0.402. The van der Waals surface area contributed by atoms with Crippen LogP contribution in [-0.4, -0.2) is 19.8 Å². The number of hydrogen-bond donors (Lipinski definition) is 1. The van der Waals surface area contributed by atoms with E-state index in [1.807, 2.05) is 17.5 Å². The lowest BCUT2D eigenvalue weighted by Gasteiger charge is -2.24. The molecule has 0 aliphatic rings. The average molecular weight is 393 g/mol. The zero-order valence-electron chi connectivity index (χ0n) is 11.4. The van der Waals surface area contributed by atoms with E-state index in [1.165, 1.54) is 22.7 Å². The molecular formula is C13H14BrFN2O2S2. The number of nitrogens with two attached hydrogens (primary N) is 1. The van der Waals surface area contributed by atoms with Crippen molar-refractivity contribution in [1.29, 1.82) is 0 Å². The molecule has 2 rings (SSSR count). The Labute approximate surface area is 135 Å². The van der Waals surface area contributed by atoms with Crippen LogP contribution in [0.15, 0.2) is 39.0 Å². The van der Waals surface area contributed by atoms with E-state index in [0.29, 0.717) is 0 Å². The molecule has 2 aromatic rings. The van der Waals surface area contributed by atoms with Gasteiger partial charge in [0.05, 0.1) is 16.6 Å². The molecule has 0 radical (unpaired) electrons. The summed E-state index contributed by atoms with van der Waals surface area (Å²) in [6.45, 7) is 1.80. The number of nitrogens with zero attached hydrogens (tertiary/aromatic N) is 1. The van der Waals surface area contributed by atoms with E-state index < -0.39 is 15.8 Å². The highest BCUT2D eigenvalue weighted by Gasteiger charge is 2.29. The predicted molar refractivity (Wildman–Crippen MR) is 86.2 cm³/mol. The van der Waals surface area contributed by atoms with E-state index in [4.69, 9.17) is 5.73 Å². The fourth-order valence-corrected chi connectivity index (χ4v) is 5.06. The maximum atomic E-state index is 13.4. The summed E-state index contributed by atoms with van der Waals surface area (Å²) in [6, 6.07) is 5.60. The van der Waals surface area contributed by atoms with E-state index >= 15 is 0 Å². The Kier molecular flexibility index (Phi) is 4.72. The second kappa shape index (κ2) is 6.04. The molecule has 1 heterocycles. The van der Waals surface area contributed by atoms with E-state index in [-0.39, 0.29) is 21.1 Å². The maximum absolute atomic E-state index is 13.4. The van der Waals surface area contributed by atoms with Gasteiger partial charge in [-0.15, -0.1) is 11.3 Å². The van der Waals surface area contributed by atoms with Gasteiger partial charge in [-0.3, -0.25) is 0 Å². The first-order chi connectivity index (χ1) is 9.75. The summed E-state index contributed by atoms with van der Waals surface area (Å²) in [6.07, 6.45) is 0. The van der Waals surface area contributed by atoms with Crippen LogP contribution < -0.4 is 5.73 Å². The van der Waals surface area contributed by atoms with Crippen molar-refractivity contribution in [3.63, 3.8) is 0 Å². The number of rotatable bonds is 4. The highest BCUT2D eigenvalue weighted by molar-refractivity contribution is 9.10. The van der Waals surface area contributed by atoms with Crippen molar-refractivity contribution < 1.29 is 12.8 Å². The molecule has 0 aliphatic heterocycles. The second-order valence-corrected chi connectivity index (χ2v) is 8.32. The van der Waals surface area contributed by atoms with Gasteiger partial charge < -0.3 is 5.73 Å². The van der Waals surface area contributed by atoms with Gasteiger partial charge in [-0.2, -0.15) is 4.31 Å². The lowest BCUT2D eigenvalue weighted by Crippen LogP contribution is -2.29. The van der Waals surface area contributed by atoms with Gasteiger partial charge in [-0.05, 0) is 46.4 Å². The van der Waals surface area contributed by atoms with Crippen molar-refractivity contribution in [2.45, 2.75) is 17.9 Å². The third-order valence-corrected chi connectivity index (χ3v) is 7.14. The fraction of sp³-hybridized carbons (Fsp3) is 0.231. The largest absolute Gasteiger partial charge is 0.396 e. The van der Waals surface area contributed by atoms with Crippen LogP contribution in [0.3, 0.4) is 0 Å². The van der Waals surface area contributed by atoms with Crippen LogP contribution in [0.5, 0.6) is 0 Å². The van der Waals surface area contributed by atoms with Gasteiger partial charge in [0.15, 0.2) is 0 Å². The summed E-state index contributed by atoms with van der Waals surface area (Å²) in [4.78, 5) is 0.875. The molecule has 4 nitrogen and oxygen atoms in total. The van der Waals surface area contributed by atoms with Gasteiger partial charge in [-0.1, -0.05) is 6.07 Å². The van der Waals surface area contributed by atoms with Crippen LogP contribution in [0.4, 0.5) is 10.1 Å². The van der Waals surface area contributed by atoms with Crippen LogP contribution in [0.2, 0.25) is 0 Å². The Morgan fingerprint density at radius 2 is 2.10 bits per heavy atom. The summed E-state index contributed by atoms with van der Waals surface area (Å²) in [5.74, 6) is -0.658. The van der Waals surface area contributed by atoms with Crippen molar-refractivity contribution in [3.8, 4) is 0 Å². The molecule has 0 amide bonds. The van der Waals surface area contributed by atoms with Gasteiger partial charge in [0.25, 0.3) is 0 Å². The minimum absolute atomic E-state index is 0.0488. The zero-order valence-corrected chi connectivity index (χ0v) is 14.6. The predicted octanol–water partition coefficient (Wildman–Crippen LogP) is 3.61. The van der Waals surface area contributed by atoms with Crippen LogP contribution in [0.1, 0.15) is 17.8 Å². The zero-order chi connectivity index (χ0) is 15.8. The number of nitrogen functional groups attached to an aromatic ring is 1. The third kappa shape index (κ3) is 3.13. The first kappa shape index (κ1) is 16.4. The SMILES string of the molecule is CC(c1cccs1)N(C)S(=O)(=O)c1cc(N)c(F)cc1Br. The van der Waals surface area contributed by atoms with E-state index in [0.717, 1.165) is 17.0 Å². The summed E-state index contributed by atoms with van der Waals surface area (Å²) in [5, 5.41) is 1.89. The highest BCUT2D eigenvalue weighted by atomic mass is 79.9. The standard InChI is InChI=1S/C13H14BrFN2O2S2/c1-8(12-4-3-5-20-12)17(2)21(18,19)13-7-11(16)10(15)6-9(13)14/h3-8H,16H2,1-2H3. The Hall–Kier alpha value is -0.960. The number of anilines is 1. The smallest absolute Gasteiger partial charge is 0.244 e. The average Bonchev–Trinajstić information content (AvgIpc) is 2.95. The van der Waals surface area contributed by atoms with Crippen molar-refractivity contribution in [1.82, 2.24) is 4.31 Å². The molecule has 0 spiro atoms. The topological polar surface area (TPSA) is 63.4 Å². The molecule has 8 heteroatoms. The van der Waals surface area contributed by atoms with Crippen LogP contribution in [0, 0.1) is 5.82 Å². The quantitative estimate of drug-likeness (QED) is 0.808. The van der Waals surface area contributed by atoms with Crippen molar-refractivity contribution in [2.24, 2.45) is 0 Å². The molecule has 1 aromatic carbocycles. The van der Waals surface area contributed by atoms with Gasteiger partial charge >= 0.3 is 0 Å². The Balaban J connectivity index is 2.45.